The summed E-state index contributed by atoms with van der Waals surface area (Å²) >= 11 is 0. The Kier molecular flexibility index (Phi) is 5.09. The SMILES string of the molecule is C=C/C=C(\C=C)C[C@H](C)C=O. The van der Waals surface area contributed by atoms with Crippen LogP contribution in [0, 0.1) is 5.92 Å². The summed E-state index contributed by atoms with van der Waals surface area (Å²) in [5.74, 6) is 0.0687. The third-order valence-corrected chi connectivity index (χ3v) is 1.38. The summed E-state index contributed by atoms with van der Waals surface area (Å²) in [5.41, 5.74) is 1.06. The molecule has 0 amide bonds. The van der Waals surface area contributed by atoms with Gasteiger partial charge in [0.1, 0.15) is 6.29 Å². The number of rotatable bonds is 5. The quantitative estimate of drug-likeness (QED) is 0.434. The molecule has 1 heteroatoms. The molecule has 0 N–H and O–H groups in total. The average molecular weight is 150 g/mol. The van der Waals surface area contributed by atoms with Crippen LogP contribution in [0.4, 0.5) is 0 Å². The number of hydrogen-bond acceptors (Lipinski definition) is 1. The highest BCUT2D eigenvalue weighted by Crippen LogP contribution is 2.09. The zero-order chi connectivity index (χ0) is 8.69. The van der Waals surface area contributed by atoms with Crippen molar-refractivity contribution in [2.45, 2.75) is 13.3 Å². The van der Waals surface area contributed by atoms with Gasteiger partial charge in [0.15, 0.2) is 0 Å². The smallest absolute Gasteiger partial charge is 0.123 e. The van der Waals surface area contributed by atoms with Gasteiger partial charge in [0.25, 0.3) is 0 Å². The van der Waals surface area contributed by atoms with Crippen LogP contribution in [-0.4, -0.2) is 6.29 Å². The lowest BCUT2D eigenvalue weighted by Crippen LogP contribution is -1.95. The first-order chi connectivity index (χ1) is 5.24. The van der Waals surface area contributed by atoms with E-state index in [1.807, 2.05) is 13.0 Å². The first-order valence-electron chi connectivity index (χ1n) is 3.64. The van der Waals surface area contributed by atoms with E-state index in [9.17, 15) is 4.79 Å². The molecule has 60 valence electrons. The molecule has 0 radical (unpaired) electrons. The highest BCUT2D eigenvalue weighted by molar-refractivity contribution is 5.53. The van der Waals surface area contributed by atoms with Crippen molar-refractivity contribution in [3.8, 4) is 0 Å². The highest BCUT2D eigenvalue weighted by Gasteiger charge is 1.99. The van der Waals surface area contributed by atoms with Gasteiger partial charge in [-0.15, -0.1) is 0 Å². The summed E-state index contributed by atoms with van der Waals surface area (Å²) < 4.78 is 0. The second-order valence-electron chi connectivity index (χ2n) is 2.50. The van der Waals surface area contributed by atoms with E-state index in [1.54, 1.807) is 12.2 Å². The minimum Gasteiger partial charge on any atom is -0.303 e. The van der Waals surface area contributed by atoms with Crippen LogP contribution >= 0.6 is 0 Å². The number of hydrogen-bond donors (Lipinski definition) is 0. The molecular formula is C10H14O. The Morgan fingerprint density at radius 3 is 2.55 bits per heavy atom. The summed E-state index contributed by atoms with van der Waals surface area (Å²) in [6.45, 7) is 9.09. The summed E-state index contributed by atoms with van der Waals surface area (Å²) in [7, 11) is 0. The van der Waals surface area contributed by atoms with Gasteiger partial charge in [0, 0.05) is 5.92 Å². The molecule has 0 heterocycles. The Balaban J connectivity index is 4.07. The largest absolute Gasteiger partial charge is 0.303 e. The lowest BCUT2D eigenvalue weighted by Gasteiger charge is -2.02. The lowest BCUT2D eigenvalue weighted by molar-refractivity contribution is -0.110. The molecule has 0 aromatic heterocycles. The van der Waals surface area contributed by atoms with E-state index in [1.165, 1.54) is 0 Å². The summed E-state index contributed by atoms with van der Waals surface area (Å²) in [6.07, 6.45) is 7.02. The minimum absolute atomic E-state index is 0.0687. The van der Waals surface area contributed by atoms with E-state index in [0.29, 0.717) is 0 Å². The van der Waals surface area contributed by atoms with E-state index in [-0.39, 0.29) is 5.92 Å². The number of carbonyl (C=O) groups excluding carboxylic acids is 1. The molecule has 11 heavy (non-hydrogen) atoms. The van der Waals surface area contributed by atoms with Crippen molar-refractivity contribution >= 4 is 6.29 Å². The topological polar surface area (TPSA) is 17.1 Å². The van der Waals surface area contributed by atoms with E-state index in [4.69, 9.17) is 0 Å². The van der Waals surface area contributed by atoms with Crippen molar-refractivity contribution in [1.29, 1.82) is 0 Å². The van der Waals surface area contributed by atoms with Gasteiger partial charge in [-0.05, 0) is 12.0 Å². The van der Waals surface area contributed by atoms with E-state index in [2.05, 4.69) is 13.2 Å². The summed E-state index contributed by atoms with van der Waals surface area (Å²) in [5, 5.41) is 0. The Hall–Kier alpha value is -1.11. The third kappa shape index (κ3) is 4.31. The fourth-order valence-corrected chi connectivity index (χ4v) is 0.791. The second kappa shape index (κ2) is 5.66. The highest BCUT2D eigenvalue weighted by atomic mass is 16.1. The van der Waals surface area contributed by atoms with Gasteiger partial charge in [-0.1, -0.05) is 38.3 Å². The molecule has 0 fully saturated rings. The van der Waals surface area contributed by atoms with Crippen molar-refractivity contribution < 1.29 is 4.79 Å². The van der Waals surface area contributed by atoms with Gasteiger partial charge in [-0.25, -0.2) is 0 Å². The van der Waals surface area contributed by atoms with Crippen LogP contribution in [0.15, 0.2) is 37.0 Å². The van der Waals surface area contributed by atoms with Crippen molar-refractivity contribution in [2.75, 3.05) is 0 Å². The molecule has 1 atom stereocenters. The molecule has 0 aromatic carbocycles. The molecular weight excluding hydrogens is 136 g/mol. The van der Waals surface area contributed by atoms with Crippen molar-refractivity contribution in [2.24, 2.45) is 5.92 Å². The normalized spacial score (nSPS) is 13.7. The maximum atomic E-state index is 10.3. The lowest BCUT2D eigenvalue weighted by atomic mass is 10.0. The predicted octanol–water partition coefficient (Wildman–Crippen LogP) is 2.51. The van der Waals surface area contributed by atoms with Crippen LogP contribution in [-0.2, 0) is 4.79 Å². The van der Waals surface area contributed by atoms with Gasteiger partial charge < -0.3 is 4.79 Å². The van der Waals surface area contributed by atoms with Crippen LogP contribution in [0.2, 0.25) is 0 Å². The Labute approximate surface area is 68.1 Å². The third-order valence-electron chi connectivity index (χ3n) is 1.38. The van der Waals surface area contributed by atoms with E-state index < -0.39 is 0 Å². The van der Waals surface area contributed by atoms with Crippen LogP contribution < -0.4 is 0 Å². The first kappa shape index (κ1) is 9.89. The molecule has 0 saturated heterocycles. The van der Waals surface area contributed by atoms with Gasteiger partial charge in [0.2, 0.25) is 0 Å². The molecule has 0 spiro atoms. The summed E-state index contributed by atoms with van der Waals surface area (Å²) in [6, 6.07) is 0. The molecule has 0 aliphatic heterocycles. The molecule has 0 aliphatic rings. The molecule has 0 bridgehead atoms. The van der Waals surface area contributed by atoms with Gasteiger partial charge in [-0.3, -0.25) is 0 Å². The second-order valence-corrected chi connectivity index (χ2v) is 2.50. The maximum absolute atomic E-state index is 10.3. The fourth-order valence-electron chi connectivity index (χ4n) is 0.791. The standard InChI is InChI=1S/C10H14O/c1-4-6-10(5-2)7-9(3)8-11/h4-6,8-9H,1-2,7H2,3H3/b10-6+/t9-/m0/s1. The van der Waals surface area contributed by atoms with Gasteiger partial charge in [-0.2, -0.15) is 0 Å². The molecule has 0 aromatic rings. The van der Waals surface area contributed by atoms with Gasteiger partial charge >= 0.3 is 0 Å². The van der Waals surface area contributed by atoms with E-state index >= 15 is 0 Å². The Morgan fingerprint density at radius 1 is 1.55 bits per heavy atom. The molecule has 0 rings (SSSR count). The van der Waals surface area contributed by atoms with Crippen molar-refractivity contribution in [1.82, 2.24) is 0 Å². The predicted molar refractivity (Wildman–Crippen MR) is 48.3 cm³/mol. The molecule has 0 unspecified atom stereocenters. The Morgan fingerprint density at radius 2 is 2.18 bits per heavy atom. The average Bonchev–Trinajstić information content (AvgIpc) is 2.03. The van der Waals surface area contributed by atoms with Crippen LogP contribution in [0.1, 0.15) is 13.3 Å². The van der Waals surface area contributed by atoms with Gasteiger partial charge in [0.05, 0.1) is 0 Å². The van der Waals surface area contributed by atoms with Crippen LogP contribution in [0.5, 0.6) is 0 Å². The zero-order valence-electron chi connectivity index (χ0n) is 6.92. The molecule has 1 nitrogen and oxygen atoms in total. The monoisotopic (exact) mass is 150 g/mol. The number of aldehydes is 1. The summed E-state index contributed by atoms with van der Waals surface area (Å²) in [4.78, 5) is 10.3. The number of allylic oxidation sites excluding steroid dienone is 4. The molecule has 0 aliphatic carbocycles. The first-order valence-corrected chi connectivity index (χ1v) is 3.64. The van der Waals surface area contributed by atoms with Crippen molar-refractivity contribution in [3.63, 3.8) is 0 Å². The Bertz CT molecular complexity index is 177. The zero-order valence-corrected chi connectivity index (χ0v) is 6.92. The molecule has 0 saturated carbocycles. The number of carbonyl (C=O) groups is 1. The minimum atomic E-state index is 0.0687. The van der Waals surface area contributed by atoms with Crippen LogP contribution in [0.3, 0.4) is 0 Å². The maximum Gasteiger partial charge on any atom is 0.123 e. The van der Waals surface area contributed by atoms with Crippen LogP contribution in [0.25, 0.3) is 0 Å². The van der Waals surface area contributed by atoms with E-state index in [0.717, 1.165) is 18.3 Å². The fraction of sp³-hybridized carbons (Fsp3) is 0.300. The van der Waals surface area contributed by atoms with Crippen molar-refractivity contribution in [3.05, 3.63) is 37.0 Å².